The zero-order valence-corrected chi connectivity index (χ0v) is 11.0. The second-order valence-corrected chi connectivity index (χ2v) is 5.04. The summed E-state index contributed by atoms with van der Waals surface area (Å²) in [5, 5.41) is 9.23. The zero-order chi connectivity index (χ0) is 13.9. The third-order valence-electron chi connectivity index (χ3n) is 3.80. The number of rotatable bonds is 5. The summed E-state index contributed by atoms with van der Waals surface area (Å²) in [5.41, 5.74) is -0.265. The minimum atomic E-state index is -1.17. The molecule has 0 aromatic carbocycles. The van der Waals surface area contributed by atoms with Crippen LogP contribution in [0.5, 0.6) is 0 Å². The molecule has 1 heterocycles. The Morgan fingerprint density at radius 1 is 1.42 bits per heavy atom. The lowest BCUT2D eigenvalue weighted by molar-refractivity contribution is -0.166. The Labute approximate surface area is 112 Å². The van der Waals surface area contributed by atoms with E-state index >= 15 is 0 Å². The molecule has 1 aliphatic rings. The standard InChI is InChI=1S/C14H18N2O3/c1-16(10-6-11-5-2-3-9-15-11)12(17)14(13(18)19)7-4-8-14/h2-3,5,9H,4,6-8,10H2,1H3,(H,18,19). The van der Waals surface area contributed by atoms with Gasteiger partial charge in [-0.3, -0.25) is 14.6 Å². The molecule has 5 nitrogen and oxygen atoms in total. The second kappa shape index (κ2) is 5.38. The summed E-state index contributed by atoms with van der Waals surface area (Å²) in [6.07, 6.45) is 4.07. The van der Waals surface area contributed by atoms with Crippen LogP contribution in [-0.4, -0.2) is 40.5 Å². The molecule has 1 N–H and O–H groups in total. The molecule has 0 spiro atoms. The normalized spacial score (nSPS) is 16.5. The van der Waals surface area contributed by atoms with Crippen LogP contribution in [0.2, 0.25) is 0 Å². The van der Waals surface area contributed by atoms with Crippen molar-refractivity contribution in [2.75, 3.05) is 13.6 Å². The molecule has 1 aromatic heterocycles. The van der Waals surface area contributed by atoms with Crippen molar-refractivity contribution in [2.45, 2.75) is 25.7 Å². The highest BCUT2D eigenvalue weighted by Gasteiger charge is 2.52. The quantitative estimate of drug-likeness (QED) is 0.813. The van der Waals surface area contributed by atoms with Gasteiger partial charge in [-0.25, -0.2) is 0 Å². The summed E-state index contributed by atoms with van der Waals surface area (Å²) < 4.78 is 0. The molecule has 1 aromatic rings. The van der Waals surface area contributed by atoms with Gasteiger partial charge in [0, 0.05) is 31.9 Å². The lowest BCUT2D eigenvalue weighted by Crippen LogP contribution is -2.51. The van der Waals surface area contributed by atoms with Crippen molar-refractivity contribution >= 4 is 11.9 Å². The molecule has 1 saturated carbocycles. The minimum Gasteiger partial charge on any atom is -0.480 e. The first-order chi connectivity index (χ1) is 9.06. The van der Waals surface area contributed by atoms with Crippen molar-refractivity contribution in [1.82, 2.24) is 9.88 Å². The van der Waals surface area contributed by atoms with Crippen LogP contribution >= 0.6 is 0 Å². The summed E-state index contributed by atoms with van der Waals surface area (Å²) >= 11 is 0. The molecule has 5 heteroatoms. The number of hydrogen-bond acceptors (Lipinski definition) is 3. The molecule has 1 fully saturated rings. The van der Waals surface area contributed by atoms with Crippen LogP contribution < -0.4 is 0 Å². The highest BCUT2D eigenvalue weighted by Crippen LogP contribution is 2.42. The highest BCUT2D eigenvalue weighted by molar-refractivity contribution is 6.02. The first-order valence-electron chi connectivity index (χ1n) is 6.45. The van der Waals surface area contributed by atoms with E-state index in [2.05, 4.69) is 4.98 Å². The molecule has 0 unspecified atom stereocenters. The number of carboxylic acid groups (broad SMARTS) is 1. The maximum atomic E-state index is 12.2. The SMILES string of the molecule is CN(CCc1ccccn1)C(=O)C1(C(=O)O)CCC1. The van der Waals surface area contributed by atoms with Gasteiger partial charge in [-0.05, 0) is 25.0 Å². The Morgan fingerprint density at radius 3 is 2.63 bits per heavy atom. The fourth-order valence-electron chi connectivity index (χ4n) is 2.34. The van der Waals surface area contributed by atoms with E-state index < -0.39 is 11.4 Å². The van der Waals surface area contributed by atoms with Gasteiger partial charge < -0.3 is 10.0 Å². The predicted molar refractivity (Wildman–Crippen MR) is 69.5 cm³/mol. The fraction of sp³-hybridized carbons (Fsp3) is 0.500. The number of aromatic nitrogens is 1. The van der Waals surface area contributed by atoms with E-state index in [0.29, 0.717) is 25.8 Å². The van der Waals surface area contributed by atoms with Crippen molar-refractivity contribution in [2.24, 2.45) is 5.41 Å². The minimum absolute atomic E-state index is 0.276. The molecule has 0 radical (unpaired) electrons. The molecule has 102 valence electrons. The Bertz CT molecular complexity index is 469. The lowest BCUT2D eigenvalue weighted by Gasteiger charge is -2.38. The number of carboxylic acids is 1. The fourth-order valence-corrected chi connectivity index (χ4v) is 2.34. The first-order valence-corrected chi connectivity index (χ1v) is 6.45. The van der Waals surface area contributed by atoms with Crippen LogP contribution in [0.15, 0.2) is 24.4 Å². The van der Waals surface area contributed by atoms with E-state index in [0.717, 1.165) is 12.1 Å². The largest absolute Gasteiger partial charge is 0.480 e. The average molecular weight is 262 g/mol. The van der Waals surface area contributed by atoms with E-state index in [1.807, 2.05) is 18.2 Å². The summed E-state index contributed by atoms with van der Waals surface area (Å²) in [5.74, 6) is -1.27. The molecule has 0 bridgehead atoms. The summed E-state index contributed by atoms with van der Waals surface area (Å²) in [4.78, 5) is 29.2. The number of amides is 1. The topological polar surface area (TPSA) is 70.5 Å². The van der Waals surface area contributed by atoms with E-state index in [9.17, 15) is 14.7 Å². The second-order valence-electron chi connectivity index (χ2n) is 5.04. The van der Waals surface area contributed by atoms with Crippen LogP contribution in [0.1, 0.15) is 25.0 Å². The van der Waals surface area contributed by atoms with Crippen LogP contribution in [-0.2, 0) is 16.0 Å². The van der Waals surface area contributed by atoms with Gasteiger partial charge >= 0.3 is 5.97 Å². The predicted octanol–water partition coefficient (Wildman–Crippen LogP) is 1.34. The van der Waals surface area contributed by atoms with Crippen LogP contribution in [0.25, 0.3) is 0 Å². The third kappa shape index (κ3) is 2.59. The Morgan fingerprint density at radius 2 is 2.16 bits per heavy atom. The van der Waals surface area contributed by atoms with Crippen LogP contribution in [0.4, 0.5) is 0 Å². The molecule has 0 atom stereocenters. The van der Waals surface area contributed by atoms with Gasteiger partial charge in [0.15, 0.2) is 0 Å². The number of aliphatic carboxylic acids is 1. The molecular weight excluding hydrogens is 244 g/mol. The van der Waals surface area contributed by atoms with Gasteiger partial charge in [0.05, 0.1) is 0 Å². The molecular formula is C14H18N2O3. The maximum absolute atomic E-state index is 12.2. The number of hydrogen-bond donors (Lipinski definition) is 1. The number of nitrogens with zero attached hydrogens (tertiary/aromatic N) is 2. The van der Waals surface area contributed by atoms with Crippen molar-refractivity contribution in [3.63, 3.8) is 0 Å². The van der Waals surface area contributed by atoms with E-state index in [-0.39, 0.29) is 5.91 Å². The molecule has 2 rings (SSSR count). The van der Waals surface area contributed by atoms with Gasteiger partial charge in [-0.2, -0.15) is 0 Å². The summed E-state index contributed by atoms with van der Waals surface area (Å²) in [6.45, 7) is 0.491. The maximum Gasteiger partial charge on any atom is 0.319 e. The Kier molecular flexibility index (Phi) is 3.83. The van der Waals surface area contributed by atoms with E-state index in [4.69, 9.17) is 0 Å². The van der Waals surface area contributed by atoms with Crippen LogP contribution in [0, 0.1) is 5.41 Å². The number of likely N-dealkylation sites (N-methyl/N-ethyl adjacent to an activating group) is 1. The van der Waals surface area contributed by atoms with E-state index in [1.54, 1.807) is 13.2 Å². The summed E-state index contributed by atoms with van der Waals surface area (Å²) in [7, 11) is 1.66. The summed E-state index contributed by atoms with van der Waals surface area (Å²) in [6, 6.07) is 5.63. The first kappa shape index (κ1) is 13.5. The van der Waals surface area contributed by atoms with Crippen molar-refractivity contribution < 1.29 is 14.7 Å². The van der Waals surface area contributed by atoms with Gasteiger partial charge in [-0.1, -0.05) is 12.5 Å². The monoisotopic (exact) mass is 262 g/mol. The van der Waals surface area contributed by atoms with Gasteiger partial charge in [0.25, 0.3) is 0 Å². The van der Waals surface area contributed by atoms with Crippen molar-refractivity contribution in [1.29, 1.82) is 0 Å². The third-order valence-corrected chi connectivity index (χ3v) is 3.80. The number of carbonyl (C=O) groups excluding carboxylic acids is 1. The average Bonchev–Trinajstić information content (AvgIpc) is 2.35. The molecule has 1 amide bonds. The van der Waals surface area contributed by atoms with Crippen molar-refractivity contribution in [3.8, 4) is 0 Å². The van der Waals surface area contributed by atoms with Crippen LogP contribution in [0.3, 0.4) is 0 Å². The number of carbonyl (C=O) groups is 2. The van der Waals surface area contributed by atoms with Gasteiger partial charge in [0.2, 0.25) is 5.91 Å². The number of pyridine rings is 1. The van der Waals surface area contributed by atoms with Gasteiger partial charge in [0.1, 0.15) is 5.41 Å². The Balaban J connectivity index is 1.94. The zero-order valence-electron chi connectivity index (χ0n) is 11.0. The van der Waals surface area contributed by atoms with E-state index in [1.165, 1.54) is 4.90 Å². The Hall–Kier alpha value is -1.91. The highest BCUT2D eigenvalue weighted by atomic mass is 16.4. The molecule has 0 aliphatic heterocycles. The lowest BCUT2D eigenvalue weighted by atomic mass is 9.68. The molecule has 0 saturated heterocycles. The van der Waals surface area contributed by atoms with Gasteiger partial charge in [-0.15, -0.1) is 0 Å². The van der Waals surface area contributed by atoms with Crippen molar-refractivity contribution in [3.05, 3.63) is 30.1 Å². The molecule has 1 aliphatic carbocycles. The molecule has 19 heavy (non-hydrogen) atoms. The smallest absolute Gasteiger partial charge is 0.319 e.